The number of aromatic nitrogens is 2. The number of rotatable bonds is 6. The molecule has 1 aromatic carbocycles. The minimum absolute atomic E-state index is 0.456. The predicted octanol–water partition coefficient (Wildman–Crippen LogP) is 2.15. The molecule has 0 amide bonds. The lowest BCUT2D eigenvalue weighted by Gasteiger charge is -2.20. The Morgan fingerprint density at radius 3 is 2.50 bits per heavy atom. The van der Waals surface area contributed by atoms with Crippen LogP contribution in [0.2, 0.25) is 0 Å². The highest BCUT2D eigenvalue weighted by molar-refractivity contribution is 5.24. The Morgan fingerprint density at radius 2 is 1.95 bits per heavy atom. The Labute approximate surface area is 120 Å². The van der Waals surface area contributed by atoms with Crippen molar-refractivity contribution in [2.45, 2.75) is 26.0 Å². The van der Waals surface area contributed by atoms with Crippen LogP contribution in [-0.2, 0) is 20.0 Å². The third-order valence-corrected chi connectivity index (χ3v) is 3.47. The molecule has 0 saturated carbocycles. The van der Waals surface area contributed by atoms with Crippen LogP contribution in [0.25, 0.3) is 0 Å². The van der Waals surface area contributed by atoms with Gasteiger partial charge in [0.25, 0.3) is 0 Å². The van der Waals surface area contributed by atoms with E-state index in [0.717, 1.165) is 24.1 Å². The number of likely N-dealkylation sites (N-methyl/N-ethyl adjacent to an activating group) is 1. The molecular weight excluding hydrogens is 250 g/mol. The lowest BCUT2D eigenvalue weighted by Crippen LogP contribution is -2.24. The van der Waals surface area contributed by atoms with Gasteiger partial charge in [0.05, 0.1) is 12.3 Å². The van der Waals surface area contributed by atoms with Crippen molar-refractivity contribution in [3.05, 3.63) is 53.3 Å². The van der Waals surface area contributed by atoms with E-state index in [1.807, 2.05) is 38.6 Å². The monoisotopic (exact) mass is 273 g/mol. The lowest BCUT2D eigenvalue weighted by molar-refractivity contribution is 0.124. The van der Waals surface area contributed by atoms with Gasteiger partial charge in [0.15, 0.2) is 0 Å². The number of hydrogen-bond donors (Lipinski definition) is 1. The average molecular weight is 273 g/mol. The molecular formula is C16H23N3O. The highest BCUT2D eigenvalue weighted by atomic mass is 16.3. The first-order chi connectivity index (χ1) is 9.58. The summed E-state index contributed by atoms with van der Waals surface area (Å²) in [7, 11) is 3.92. The van der Waals surface area contributed by atoms with Gasteiger partial charge in [0.2, 0.25) is 0 Å². The smallest absolute Gasteiger partial charge is 0.0916 e. The van der Waals surface area contributed by atoms with Crippen LogP contribution in [-0.4, -0.2) is 33.4 Å². The molecule has 0 fully saturated rings. The SMILES string of the molecule is CCc1ccc(C(O)CN(C)Cc2cnn(C)c2)cc1. The lowest BCUT2D eigenvalue weighted by atomic mass is 10.1. The molecule has 0 spiro atoms. The maximum Gasteiger partial charge on any atom is 0.0916 e. The third kappa shape index (κ3) is 3.92. The van der Waals surface area contributed by atoms with Gasteiger partial charge in [-0.1, -0.05) is 31.2 Å². The van der Waals surface area contributed by atoms with E-state index in [1.54, 1.807) is 4.68 Å². The van der Waals surface area contributed by atoms with Crippen LogP contribution in [0.15, 0.2) is 36.7 Å². The van der Waals surface area contributed by atoms with E-state index >= 15 is 0 Å². The van der Waals surface area contributed by atoms with E-state index in [2.05, 4.69) is 29.1 Å². The first-order valence-electron chi connectivity index (χ1n) is 7.01. The second-order valence-electron chi connectivity index (χ2n) is 5.33. The van der Waals surface area contributed by atoms with E-state index < -0.39 is 6.10 Å². The summed E-state index contributed by atoms with van der Waals surface area (Å²) in [4.78, 5) is 2.11. The van der Waals surface area contributed by atoms with E-state index in [-0.39, 0.29) is 0 Å². The van der Waals surface area contributed by atoms with Crippen molar-refractivity contribution in [1.82, 2.24) is 14.7 Å². The summed E-state index contributed by atoms with van der Waals surface area (Å²) in [5.74, 6) is 0. The molecule has 0 saturated heterocycles. The molecule has 108 valence electrons. The van der Waals surface area contributed by atoms with Crippen molar-refractivity contribution in [3.63, 3.8) is 0 Å². The van der Waals surface area contributed by atoms with Crippen molar-refractivity contribution >= 4 is 0 Å². The van der Waals surface area contributed by atoms with Gasteiger partial charge < -0.3 is 5.11 Å². The van der Waals surface area contributed by atoms with Crippen LogP contribution in [0.4, 0.5) is 0 Å². The molecule has 1 unspecified atom stereocenters. The molecule has 0 bridgehead atoms. The molecule has 1 aromatic heterocycles. The number of aliphatic hydroxyl groups excluding tert-OH is 1. The first-order valence-corrected chi connectivity index (χ1v) is 7.01. The van der Waals surface area contributed by atoms with Gasteiger partial charge in [-0.05, 0) is 24.6 Å². The Morgan fingerprint density at radius 1 is 1.25 bits per heavy atom. The van der Waals surface area contributed by atoms with Crippen LogP contribution < -0.4 is 0 Å². The summed E-state index contributed by atoms with van der Waals surface area (Å²) in [5.41, 5.74) is 3.42. The molecule has 20 heavy (non-hydrogen) atoms. The molecule has 0 radical (unpaired) electrons. The van der Waals surface area contributed by atoms with Crippen LogP contribution in [0.3, 0.4) is 0 Å². The number of aryl methyl sites for hydroxylation is 2. The van der Waals surface area contributed by atoms with Gasteiger partial charge in [0.1, 0.15) is 0 Å². The quantitative estimate of drug-likeness (QED) is 0.877. The summed E-state index contributed by atoms with van der Waals surface area (Å²) in [6, 6.07) is 8.20. The molecule has 1 atom stereocenters. The molecule has 2 aromatic rings. The molecule has 1 heterocycles. The molecule has 1 N–H and O–H groups in total. The van der Waals surface area contributed by atoms with Gasteiger partial charge >= 0.3 is 0 Å². The molecule has 0 aliphatic rings. The molecule has 0 aliphatic carbocycles. The molecule has 0 aliphatic heterocycles. The Kier molecular flexibility index (Phi) is 4.93. The van der Waals surface area contributed by atoms with E-state index in [1.165, 1.54) is 5.56 Å². The second-order valence-corrected chi connectivity index (χ2v) is 5.33. The zero-order valence-corrected chi connectivity index (χ0v) is 12.5. The third-order valence-electron chi connectivity index (χ3n) is 3.47. The van der Waals surface area contributed by atoms with E-state index in [0.29, 0.717) is 6.54 Å². The summed E-state index contributed by atoms with van der Waals surface area (Å²) < 4.78 is 1.79. The van der Waals surface area contributed by atoms with Gasteiger partial charge in [-0.25, -0.2) is 0 Å². The van der Waals surface area contributed by atoms with Gasteiger partial charge in [-0.3, -0.25) is 9.58 Å². The van der Waals surface area contributed by atoms with Crippen molar-refractivity contribution < 1.29 is 5.11 Å². The zero-order valence-electron chi connectivity index (χ0n) is 12.5. The summed E-state index contributed by atoms with van der Waals surface area (Å²) in [6.45, 7) is 3.53. The topological polar surface area (TPSA) is 41.3 Å². The van der Waals surface area contributed by atoms with Crippen molar-refractivity contribution in [3.8, 4) is 0 Å². The minimum Gasteiger partial charge on any atom is -0.387 e. The Balaban J connectivity index is 1.90. The number of nitrogens with zero attached hydrogens (tertiary/aromatic N) is 3. The van der Waals surface area contributed by atoms with Crippen LogP contribution >= 0.6 is 0 Å². The number of aliphatic hydroxyl groups is 1. The van der Waals surface area contributed by atoms with Gasteiger partial charge in [0, 0.05) is 31.9 Å². The molecule has 2 rings (SSSR count). The Bertz CT molecular complexity index is 533. The largest absolute Gasteiger partial charge is 0.387 e. The normalized spacial score (nSPS) is 12.8. The van der Waals surface area contributed by atoms with E-state index in [9.17, 15) is 5.11 Å². The summed E-state index contributed by atoms with van der Waals surface area (Å²) in [5, 5.41) is 14.4. The maximum atomic E-state index is 10.3. The minimum atomic E-state index is -0.456. The fraction of sp³-hybridized carbons (Fsp3) is 0.438. The fourth-order valence-corrected chi connectivity index (χ4v) is 2.31. The zero-order chi connectivity index (χ0) is 14.5. The highest BCUT2D eigenvalue weighted by Gasteiger charge is 2.11. The molecule has 4 heteroatoms. The van der Waals surface area contributed by atoms with Crippen LogP contribution in [0.1, 0.15) is 29.7 Å². The van der Waals surface area contributed by atoms with Crippen LogP contribution in [0.5, 0.6) is 0 Å². The summed E-state index contributed by atoms with van der Waals surface area (Å²) >= 11 is 0. The first kappa shape index (κ1) is 14.8. The van der Waals surface area contributed by atoms with Gasteiger partial charge in [-0.2, -0.15) is 5.10 Å². The molecule has 4 nitrogen and oxygen atoms in total. The van der Waals surface area contributed by atoms with Crippen molar-refractivity contribution in [2.75, 3.05) is 13.6 Å². The predicted molar refractivity (Wildman–Crippen MR) is 80.3 cm³/mol. The average Bonchev–Trinajstić information content (AvgIpc) is 2.84. The fourth-order valence-electron chi connectivity index (χ4n) is 2.31. The number of hydrogen-bond acceptors (Lipinski definition) is 3. The maximum absolute atomic E-state index is 10.3. The van der Waals surface area contributed by atoms with Crippen LogP contribution in [0, 0.1) is 0 Å². The highest BCUT2D eigenvalue weighted by Crippen LogP contribution is 2.16. The van der Waals surface area contributed by atoms with Gasteiger partial charge in [-0.15, -0.1) is 0 Å². The summed E-state index contributed by atoms with van der Waals surface area (Å²) in [6.07, 6.45) is 4.43. The standard InChI is InChI=1S/C16H23N3O/c1-4-13-5-7-15(8-6-13)16(20)12-18(2)10-14-9-17-19(3)11-14/h5-9,11,16,20H,4,10,12H2,1-3H3. The second kappa shape index (κ2) is 6.68. The number of benzene rings is 1. The van der Waals surface area contributed by atoms with Crippen molar-refractivity contribution in [2.24, 2.45) is 7.05 Å². The van der Waals surface area contributed by atoms with E-state index in [4.69, 9.17) is 0 Å². The Hall–Kier alpha value is -1.65. The van der Waals surface area contributed by atoms with Crippen molar-refractivity contribution in [1.29, 1.82) is 0 Å².